The van der Waals surface area contributed by atoms with Crippen molar-refractivity contribution >= 4 is 5.97 Å². The number of rotatable bonds is 7. The van der Waals surface area contributed by atoms with E-state index in [4.69, 9.17) is 9.47 Å². The highest BCUT2D eigenvalue weighted by Crippen LogP contribution is 2.50. The molecular weight excluding hydrogens is 415 g/mol. The van der Waals surface area contributed by atoms with Gasteiger partial charge in [0.25, 0.3) is 0 Å². The Hall–Kier alpha value is -2.10. The first-order chi connectivity index (χ1) is 16.1. The standard InChI is InChI=1S/C29H39FO3/c1-3-5-17-32-28-16-14-24(19-27(28)30)33-29(31)26-8-6-7-23-18-22(13-15-25(23)26)21-11-9-20(4-2)10-12-21/h3-5,14,16,19-23,25-26H,2,6-13,15,17-18H2,1H3/b5-3+. The van der Waals surface area contributed by atoms with E-state index in [0.29, 0.717) is 24.4 Å². The number of hydrogen-bond acceptors (Lipinski definition) is 3. The van der Waals surface area contributed by atoms with Crippen LogP contribution in [0.3, 0.4) is 0 Å². The number of benzene rings is 1. The first-order valence-electron chi connectivity index (χ1n) is 13.0. The summed E-state index contributed by atoms with van der Waals surface area (Å²) in [5.41, 5.74) is 0. The second-order valence-electron chi connectivity index (χ2n) is 10.3. The molecule has 3 saturated carbocycles. The molecular formula is C29H39FO3. The summed E-state index contributed by atoms with van der Waals surface area (Å²) in [7, 11) is 0. The number of halogens is 1. The fourth-order valence-electron chi connectivity index (χ4n) is 6.66. The second-order valence-corrected chi connectivity index (χ2v) is 10.3. The molecule has 180 valence electrons. The van der Waals surface area contributed by atoms with Crippen molar-refractivity contribution < 1.29 is 18.7 Å². The van der Waals surface area contributed by atoms with Crippen molar-refractivity contribution in [3.63, 3.8) is 0 Å². The Bertz CT molecular complexity index is 839. The van der Waals surface area contributed by atoms with Crippen LogP contribution in [0.1, 0.15) is 71.1 Å². The van der Waals surface area contributed by atoms with Gasteiger partial charge in [-0.25, -0.2) is 4.39 Å². The van der Waals surface area contributed by atoms with Crippen LogP contribution >= 0.6 is 0 Å². The minimum absolute atomic E-state index is 0.0603. The topological polar surface area (TPSA) is 35.5 Å². The average molecular weight is 455 g/mol. The van der Waals surface area contributed by atoms with E-state index in [2.05, 4.69) is 12.7 Å². The molecule has 0 radical (unpaired) electrons. The van der Waals surface area contributed by atoms with Crippen LogP contribution in [0.25, 0.3) is 0 Å². The van der Waals surface area contributed by atoms with Crippen LogP contribution in [0.5, 0.6) is 11.5 Å². The fourth-order valence-corrected chi connectivity index (χ4v) is 6.66. The van der Waals surface area contributed by atoms with Crippen molar-refractivity contribution in [1.82, 2.24) is 0 Å². The third-order valence-corrected chi connectivity index (χ3v) is 8.50. The SMILES string of the molecule is C=CC1CCC(C2CCC3C(CCCC3C(=O)Oc3ccc(OC/C=C/C)c(F)c3)C2)CC1. The van der Waals surface area contributed by atoms with Gasteiger partial charge in [0.1, 0.15) is 12.4 Å². The van der Waals surface area contributed by atoms with E-state index in [0.717, 1.165) is 31.1 Å². The largest absolute Gasteiger partial charge is 0.486 e. The zero-order chi connectivity index (χ0) is 23.2. The van der Waals surface area contributed by atoms with Crippen molar-refractivity contribution in [3.8, 4) is 11.5 Å². The van der Waals surface area contributed by atoms with Crippen LogP contribution in [0, 0.1) is 41.3 Å². The lowest BCUT2D eigenvalue weighted by Gasteiger charge is -2.45. The van der Waals surface area contributed by atoms with Crippen molar-refractivity contribution in [3.05, 3.63) is 48.8 Å². The fraction of sp³-hybridized carbons (Fsp3) is 0.621. The Balaban J connectivity index is 1.33. The van der Waals surface area contributed by atoms with Gasteiger partial charge in [0.2, 0.25) is 0 Å². The summed E-state index contributed by atoms with van der Waals surface area (Å²) >= 11 is 0. The quantitative estimate of drug-likeness (QED) is 0.243. The summed E-state index contributed by atoms with van der Waals surface area (Å²) in [5.74, 6) is 3.12. The second kappa shape index (κ2) is 11.4. The molecule has 0 amide bonds. The summed E-state index contributed by atoms with van der Waals surface area (Å²) in [4.78, 5) is 13.1. The molecule has 0 bridgehead atoms. The van der Waals surface area contributed by atoms with Crippen molar-refractivity contribution in [2.45, 2.75) is 71.1 Å². The highest BCUT2D eigenvalue weighted by Gasteiger charge is 2.43. The maximum Gasteiger partial charge on any atom is 0.314 e. The van der Waals surface area contributed by atoms with E-state index in [1.807, 2.05) is 19.1 Å². The van der Waals surface area contributed by atoms with Gasteiger partial charge in [0.05, 0.1) is 5.92 Å². The Kier molecular flexibility index (Phi) is 8.27. The molecule has 1 aromatic carbocycles. The number of esters is 1. The zero-order valence-electron chi connectivity index (χ0n) is 20.0. The van der Waals surface area contributed by atoms with Gasteiger partial charge in [0, 0.05) is 6.07 Å². The van der Waals surface area contributed by atoms with E-state index >= 15 is 0 Å². The number of carbonyl (C=O) groups excluding carboxylic acids is 1. The summed E-state index contributed by atoms with van der Waals surface area (Å²) in [5, 5.41) is 0. The molecule has 3 nitrogen and oxygen atoms in total. The lowest BCUT2D eigenvalue weighted by atomic mass is 9.59. The van der Waals surface area contributed by atoms with Crippen LogP contribution in [-0.2, 0) is 4.79 Å². The van der Waals surface area contributed by atoms with Crippen LogP contribution in [0.2, 0.25) is 0 Å². The first kappa shape index (κ1) is 24.0. The van der Waals surface area contributed by atoms with Gasteiger partial charge in [-0.05, 0) is 100 Å². The number of allylic oxidation sites excluding steroid dienone is 2. The van der Waals surface area contributed by atoms with Gasteiger partial charge in [-0.1, -0.05) is 31.1 Å². The van der Waals surface area contributed by atoms with Gasteiger partial charge in [-0.2, -0.15) is 0 Å². The van der Waals surface area contributed by atoms with E-state index < -0.39 is 5.82 Å². The van der Waals surface area contributed by atoms with Gasteiger partial charge >= 0.3 is 5.97 Å². The van der Waals surface area contributed by atoms with Gasteiger partial charge in [0.15, 0.2) is 11.6 Å². The molecule has 3 aliphatic rings. The highest BCUT2D eigenvalue weighted by molar-refractivity contribution is 5.75. The molecule has 1 aromatic rings. The molecule has 33 heavy (non-hydrogen) atoms. The molecule has 0 N–H and O–H groups in total. The van der Waals surface area contributed by atoms with Crippen molar-refractivity contribution in [2.24, 2.45) is 35.5 Å². The minimum atomic E-state index is -0.502. The van der Waals surface area contributed by atoms with E-state index in [1.165, 1.54) is 57.1 Å². The summed E-state index contributed by atoms with van der Waals surface area (Å²) in [6.45, 7) is 6.18. The Morgan fingerprint density at radius 3 is 2.58 bits per heavy atom. The van der Waals surface area contributed by atoms with E-state index in [9.17, 15) is 9.18 Å². The predicted molar refractivity (Wildman–Crippen MR) is 130 cm³/mol. The summed E-state index contributed by atoms with van der Waals surface area (Å²) in [6, 6.07) is 4.43. The monoisotopic (exact) mass is 454 g/mol. The van der Waals surface area contributed by atoms with Crippen molar-refractivity contribution in [2.75, 3.05) is 6.61 Å². The van der Waals surface area contributed by atoms with E-state index in [-0.39, 0.29) is 23.4 Å². The Morgan fingerprint density at radius 2 is 1.85 bits per heavy atom. The van der Waals surface area contributed by atoms with Gasteiger partial charge < -0.3 is 9.47 Å². The maximum absolute atomic E-state index is 14.4. The van der Waals surface area contributed by atoms with Crippen LogP contribution in [0.4, 0.5) is 4.39 Å². The molecule has 3 aliphatic carbocycles. The molecule has 4 rings (SSSR count). The smallest absolute Gasteiger partial charge is 0.314 e. The van der Waals surface area contributed by atoms with Crippen LogP contribution in [-0.4, -0.2) is 12.6 Å². The average Bonchev–Trinajstić information content (AvgIpc) is 2.84. The van der Waals surface area contributed by atoms with Crippen LogP contribution < -0.4 is 9.47 Å². The maximum atomic E-state index is 14.4. The minimum Gasteiger partial charge on any atom is -0.486 e. The third-order valence-electron chi connectivity index (χ3n) is 8.50. The lowest BCUT2D eigenvalue weighted by Crippen LogP contribution is -2.40. The summed E-state index contributed by atoms with van der Waals surface area (Å²) in [6.07, 6.45) is 17.9. The third kappa shape index (κ3) is 5.88. The lowest BCUT2D eigenvalue weighted by molar-refractivity contribution is -0.144. The Morgan fingerprint density at radius 1 is 1.06 bits per heavy atom. The molecule has 3 fully saturated rings. The molecule has 0 heterocycles. The van der Waals surface area contributed by atoms with Gasteiger partial charge in [-0.15, -0.1) is 6.58 Å². The molecule has 4 atom stereocenters. The van der Waals surface area contributed by atoms with Gasteiger partial charge in [-0.3, -0.25) is 4.79 Å². The normalized spacial score (nSPS) is 32.2. The molecule has 4 unspecified atom stereocenters. The van der Waals surface area contributed by atoms with Crippen molar-refractivity contribution in [1.29, 1.82) is 0 Å². The molecule has 0 spiro atoms. The Labute approximate surface area is 198 Å². The highest BCUT2D eigenvalue weighted by atomic mass is 19.1. The van der Waals surface area contributed by atoms with E-state index in [1.54, 1.807) is 6.07 Å². The predicted octanol–water partition coefficient (Wildman–Crippen LogP) is 7.51. The first-order valence-corrected chi connectivity index (χ1v) is 13.0. The number of fused-ring (bicyclic) bond motifs is 1. The zero-order valence-corrected chi connectivity index (χ0v) is 20.0. The molecule has 0 saturated heterocycles. The number of carbonyl (C=O) groups is 1. The molecule has 0 aromatic heterocycles. The number of hydrogen-bond donors (Lipinski definition) is 0. The molecule has 4 heteroatoms. The number of ether oxygens (including phenoxy) is 2. The summed E-state index contributed by atoms with van der Waals surface area (Å²) < 4.78 is 25.4. The molecule has 0 aliphatic heterocycles. The van der Waals surface area contributed by atoms with Crippen LogP contribution in [0.15, 0.2) is 43.0 Å².